The molecule has 1 heterocycles. The molecule has 0 spiro atoms. The molecule has 3 aromatic rings. The lowest BCUT2D eigenvalue weighted by Gasteiger charge is -2.07. The van der Waals surface area contributed by atoms with E-state index in [2.05, 4.69) is 5.32 Å². The number of nitrogens with zero attached hydrogens (tertiary/aromatic N) is 1. The highest BCUT2D eigenvalue weighted by atomic mass is 16.5. The number of fused-ring (bicyclic) bond motifs is 1. The van der Waals surface area contributed by atoms with E-state index in [0.29, 0.717) is 22.4 Å². The molecule has 0 saturated carbocycles. The number of carbonyl (C=O) groups is 3. The number of carbonyl (C=O) groups excluding carboxylic acids is 3. The summed E-state index contributed by atoms with van der Waals surface area (Å²) in [6.07, 6.45) is -0.0793. The first-order chi connectivity index (χ1) is 13.4. The largest absolute Gasteiger partial charge is 0.456 e. The van der Waals surface area contributed by atoms with Gasteiger partial charge in [0.05, 0.1) is 11.9 Å². The van der Waals surface area contributed by atoms with Gasteiger partial charge in [0.25, 0.3) is 5.91 Å². The van der Waals surface area contributed by atoms with Crippen LogP contribution in [0.1, 0.15) is 23.7 Å². The quantitative estimate of drug-likeness (QED) is 0.496. The van der Waals surface area contributed by atoms with Crippen LogP contribution in [0, 0.1) is 0 Å². The van der Waals surface area contributed by atoms with Crippen molar-refractivity contribution in [2.24, 2.45) is 0 Å². The summed E-state index contributed by atoms with van der Waals surface area (Å²) in [5.74, 6) is -1.74. The van der Waals surface area contributed by atoms with Gasteiger partial charge in [0.1, 0.15) is 0 Å². The van der Waals surface area contributed by atoms with Crippen LogP contribution in [0.2, 0.25) is 0 Å². The van der Waals surface area contributed by atoms with Gasteiger partial charge in [0.2, 0.25) is 0 Å². The number of oxazole rings is 1. The summed E-state index contributed by atoms with van der Waals surface area (Å²) < 4.78 is 11.4. The molecule has 1 amide bonds. The molecule has 28 heavy (non-hydrogen) atoms. The minimum absolute atomic E-state index is 0.0729. The zero-order chi connectivity index (χ0) is 20.1. The van der Waals surface area contributed by atoms with Gasteiger partial charge in [0, 0.05) is 17.8 Å². The van der Waals surface area contributed by atoms with Crippen LogP contribution >= 0.6 is 0 Å². The number of Topliss-reactive ketones (excluding diaryl/α,β-unsaturated/α-hetero) is 1. The second kappa shape index (κ2) is 8.34. The van der Waals surface area contributed by atoms with E-state index in [9.17, 15) is 19.2 Å². The van der Waals surface area contributed by atoms with E-state index >= 15 is 0 Å². The van der Waals surface area contributed by atoms with Crippen molar-refractivity contribution in [3.8, 4) is 0 Å². The van der Waals surface area contributed by atoms with E-state index in [1.165, 1.54) is 11.5 Å². The molecule has 2 aromatic carbocycles. The van der Waals surface area contributed by atoms with E-state index in [1.54, 1.807) is 48.5 Å². The van der Waals surface area contributed by atoms with Crippen molar-refractivity contribution >= 4 is 34.4 Å². The summed E-state index contributed by atoms with van der Waals surface area (Å²) in [5.41, 5.74) is 2.05. The van der Waals surface area contributed by atoms with Crippen molar-refractivity contribution in [2.75, 3.05) is 11.9 Å². The molecule has 0 atom stereocenters. The predicted octanol–water partition coefficient (Wildman–Crippen LogP) is 2.37. The van der Waals surface area contributed by atoms with Gasteiger partial charge in [-0.3, -0.25) is 19.0 Å². The number of nitrogens with one attached hydrogen (secondary N) is 1. The summed E-state index contributed by atoms with van der Waals surface area (Å²) in [6.45, 7) is 1.09. The number of aryl methyl sites for hydroxylation is 1. The highest BCUT2D eigenvalue weighted by Crippen LogP contribution is 2.12. The summed E-state index contributed by atoms with van der Waals surface area (Å²) in [4.78, 5) is 46.8. The third-order valence-corrected chi connectivity index (χ3v) is 4.05. The van der Waals surface area contributed by atoms with Gasteiger partial charge in [-0.05, 0) is 43.3 Å². The fourth-order valence-electron chi connectivity index (χ4n) is 2.63. The Balaban J connectivity index is 1.48. The number of aromatic nitrogens is 1. The number of anilines is 1. The molecule has 0 aliphatic carbocycles. The van der Waals surface area contributed by atoms with Crippen molar-refractivity contribution in [3.63, 3.8) is 0 Å². The van der Waals surface area contributed by atoms with Gasteiger partial charge < -0.3 is 14.5 Å². The van der Waals surface area contributed by atoms with E-state index < -0.39 is 24.2 Å². The van der Waals surface area contributed by atoms with Gasteiger partial charge in [-0.1, -0.05) is 12.1 Å². The highest BCUT2D eigenvalue weighted by Gasteiger charge is 2.12. The topological polar surface area (TPSA) is 108 Å². The van der Waals surface area contributed by atoms with Crippen molar-refractivity contribution in [1.29, 1.82) is 0 Å². The Kier molecular flexibility index (Phi) is 5.69. The van der Waals surface area contributed by atoms with Crippen LogP contribution in [-0.2, 0) is 20.9 Å². The summed E-state index contributed by atoms with van der Waals surface area (Å²) >= 11 is 0. The van der Waals surface area contributed by atoms with Gasteiger partial charge in [-0.2, -0.15) is 0 Å². The van der Waals surface area contributed by atoms with Crippen molar-refractivity contribution in [1.82, 2.24) is 4.57 Å². The van der Waals surface area contributed by atoms with E-state index in [0.717, 1.165) is 0 Å². The Labute approximate surface area is 159 Å². The molecule has 0 aliphatic heterocycles. The summed E-state index contributed by atoms with van der Waals surface area (Å²) in [7, 11) is 0. The third-order valence-electron chi connectivity index (χ3n) is 4.05. The van der Waals surface area contributed by atoms with E-state index in [-0.39, 0.29) is 18.7 Å². The number of ether oxygens (including phenoxy) is 1. The molecule has 0 saturated heterocycles. The number of esters is 1. The zero-order valence-corrected chi connectivity index (χ0v) is 15.1. The van der Waals surface area contributed by atoms with Crippen LogP contribution < -0.4 is 11.1 Å². The highest BCUT2D eigenvalue weighted by molar-refractivity contribution is 5.96. The Hall–Kier alpha value is -3.68. The molecule has 0 radical (unpaired) electrons. The Bertz CT molecular complexity index is 1080. The number of rotatable bonds is 7. The fraction of sp³-hybridized carbons (Fsp3) is 0.200. The normalized spacial score (nSPS) is 10.6. The molecule has 0 unspecified atom stereocenters. The Morgan fingerprint density at radius 2 is 1.79 bits per heavy atom. The maximum atomic E-state index is 11.9. The van der Waals surface area contributed by atoms with Crippen LogP contribution in [0.3, 0.4) is 0 Å². The molecule has 144 valence electrons. The molecule has 8 nitrogen and oxygen atoms in total. The smallest absolute Gasteiger partial charge is 0.419 e. The molecular formula is C20H18N2O6. The maximum absolute atomic E-state index is 11.9. The average molecular weight is 382 g/mol. The monoisotopic (exact) mass is 382 g/mol. The van der Waals surface area contributed by atoms with Gasteiger partial charge in [0.15, 0.2) is 18.0 Å². The predicted molar refractivity (Wildman–Crippen MR) is 101 cm³/mol. The summed E-state index contributed by atoms with van der Waals surface area (Å²) in [6, 6.07) is 13.3. The van der Waals surface area contributed by atoms with E-state index in [4.69, 9.17) is 9.15 Å². The lowest BCUT2D eigenvalue weighted by atomic mass is 10.1. The number of para-hydroxylation sites is 2. The lowest BCUT2D eigenvalue weighted by Crippen LogP contribution is -2.22. The SMILES string of the molecule is CC(=O)c1ccc(NC(=O)COC(=O)CCn2c(=O)oc3ccccc32)cc1. The number of ketones is 1. The molecule has 8 heteroatoms. The second-order valence-electron chi connectivity index (χ2n) is 6.08. The first-order valence-electron chi connectivity index (χ1n) is 8.59. The zero-order valence-electron chi connectivity index (χ0n) is 15.1. The third kappa shape index (κ3) is 4.53. The molecular weight excluding hydrogens is 364 g/mol. The maximum Gasteiger partial charge on any atom is 0.419 e. The van der Waals surface area contributed by atoms with Gasteiger partial charge >= 0.3 is 11.7 Å². The lowest BCUT2D eigenvalue weighted by molar-refractivity contribution is -0.147. The van der Waals surface area contributed by atoms with Gasteiger partial charge in [-0.25, -0.2) is 4.79 Å². The van der Waals surface area contributed by atoms with E-state index in [1.807, 2.05) is 0 Å². The second-order valence-corrected chi connectivity index (χ2v) is 6.08. The first-order valence-corrected chi connectivity index (χ1v) is 8.59. The minimum Gasteiger partial charge on any atom is -0.456 e. The molecule has 3 rings (SSSR count). The molecule has 0 aliphatic rings. The first kappa shape index (κ1) is 19.1. The molecule has 0 fully saturated rings. The standard InChI is InChI=1S/C20H18N2O6/c1-13(23)14-6-8-15(9-7-14)21-18(24)12-27-19(25)10-11-22-16-4-2-3-5-17(16)28-20(22)26/h2-9H,10-12H2,1H3,(H,21,24). The van der Waals surface area contributed by atoms with Crippen LogP contribution in [0.25, 0.3) is 11.1 Å². The minimum atomic E-state index is -0.612. The van der Waals surface area contributed by atoms with Crippen LogP contribution in [0.5, 0.6) is 0 Å². The Morgan fingerprint density at radius 3 is 2.50 bits per heavy atom. The molecule has 1 aromatic heterocycles. The molecule has 1 N–H and O–H groups in total. The number of benzene rings is 2. The fourth-order valence-corrected chi connectivity index (χ4v) is 2.63. The number of hydrogen-bond acceptors (Lipinski definition) is 6. The van der Waals surface area contributed by atoms with Gasteiger partial charge in [-0.15, -0.1) is 0 Å². The van der Waals surface area contributed by atoms with Crippen molar-refractivity contribution < 1.29 is 23.5 Å². The van der Waals surface area contributed by atoms with Crippen LogP contribution in [0.15, 0.2) is 57.7 Å². The van der Waals surface area contributed by atoms with Crippen molar-refractivity contribution in [2.45, 2.75) is 19.9 Å². The number of amides is 1. The van der Waals surface area contributed by atoms with Crippen molar-refractivity contribution in [3.05, 3.63) is 64.6 Å². The Morgan fingerprint density at radius 1 is 1.07 bits per heavy atom. The average Bonchev–Trinajstić information content (AvgIpc) is 3.00. The van der Waals surface area contributed by atoms with Crippen LogP contribution in [0.4, 0.5) is 5.69 Å². The number of hydrogen-bond donors (Lipinski definition) is 1. The van der Waals surface area contributed by atoms with Crippen LogP contribution in [-0.4, -0.2) is 28.8 Å². The summed E-state index contributed by atoms with van der Waals surface area (Å²) in [5, 5.41) is 2.57. The molecule has 0 bridgehead atoms.